The molecule has 0 aliphatic heterocycles. The summed E-state index contributed by atoms with van der Waals surface area (Å²) < 4.78 is 32.8. The molecule has 1 fully saturated rings. The molecule has 1 aromatic carbocycles. The van der Waals surface area contributed by atoms with E-state index in [1.54, 1.807) is 31.4 Å². The highest BCUT2D eigenvalue weighted by molar-refractivity contribution is 5.96. The van der Waals surface area contributed by atoms with Gasteiger partial charge < -0.3 is 26.8 Å². The summed E-state index contributed by atoms with van der Waals surface area (Å²) in [7, 11) is 1.55. The number of anilines is 3. The Kier molecular flexibility index (Phi) is 5.59. The molecular formula is C18H22F2N6O2. The van der Waals surface area contributed by atoms with Crippen LogP contribution in [0.15, 0.2) is 30.5 Å². The summed E-state index contributed by atoms with van der Waals surface area (Å²) >= 11 is 0. The van der Waals surface area contributed by atoms with Crippen molar-refractivity contribution < 1.29 is 18.3 Å². The molecule has 1 aromatic heterocycles. The third-order valence-electron chi connectivity index (χ3n) is 4.64. The van der Waals surface area contributed by atoms with Gasteiger partial charge in [0.25, 0.3) is 11.8 Å². The topological polar surface area (TPSA) is 128 Å². The van der Waals surface area contributed by atoms with E-state index in [0.717, 1.165) is 0 Å². The number of carbonyl (C=O) groups excluding carboxylic acids is 1. The second-order valence-corrected chi connectivity index (χ2v) is 6.60. The Balaban J connectivity index is 1.83. The Labute approximate surface area is 160 Å². The molecule has 1 amide bonds. The Morgan fingerprint density at radius 3 is 2.68 bits per heavy atom. The van der Waals surface area contributed by atoms with Crippen molar-refractivity contribution in [2.24, 2.45) is 11.5 Å². The maximum atomic E-state index is 13.9. The fourth-order valence-corrected chi connectivity index (χ4v) is 3.09. The van der Waals surface area contributed by atoms with Crippen molar-refractivity contribution in [2.75, 3.05) is 17.7 Å². The Bertz CT molecular complexity index is 846. The summed E-state index contributed by atoms with van der Waals surface area (Å²) in [6.45, 7) is 0. The Morgan fingerprint density at radius 2 is 2.04 bits per heavy atom. The second kappa shape index (κ2) is 7.93. The predicted octanol–water partition coefficient (Wildman–Crippen LogP) is 2.25. The summed E-state index contributed by atoms with van der Waals surface area (Å²) in [6.07, 6.45) is 1.88. The monoisotopic (exact) mass is 392 g/mol. The van der Waals surface area contributed by atoms with E-state index in [-0.39, 0.29) is 23.8 Å². The van der Waals surface area contributed by atoms with Crippen molar-refractivity contribution in [3.63, 3.8) is 0 Å². The molecule has 10 heteroatoms. The molecule has 6 N–H and O–H groups in total. The highest BCUT2D eigenvalue weighted by Gasteiger charge is 2.44. The van der Waals surface area contributed by atoms with E-state index in [2.05, 4.69) is 20.6 Å². The fraction of sp³-hybridized carbons (Fsp3) is 0.389. The number of primary amides is 1. The van der Waals surface area contributed by atoms with E-state index in [4.69, 9.17) is 16.2 Å². The van der Waals surface area contributed by atoms with E-state index < -0.39 is 23.9 Å². The van der Waals surface area contributed by atoms with Gasteiger partial charge in [0.1, 0.15) is 11.6 Å². The zero-order chi connectivity index (χ0) is 20.3. The summed E-state index contributed by atoms with van der Waals surface area (Å²) in [5.74, 6) is -2.72. The van der Waals surface area contributed by atoms with Crippen molar-refractivity contribution in [3.05, 3.63) is 36.2 Å². The van der Waals surface area contributed by atoms with Gasteiger partial charge in [-0.25, -0.2) is 18.7 Å². The van der Waals surface area contributed by atoms with Crippen LogP contribution in [0.4, 0.5) is 26.1 Å². The summed E-state index contributed by atoms with van der Waals surface area (Å²) in [6, 6.07) is 4.91. The van der Waals surface area contributed by atoms with E-state index in [0.29, 0.717) is 24.3 Å². The number of hydrogen-bond acceptors (Lipinski definition) is 7. The number of carbonyl (C=O) groups is 1. The quantitative estimate of drug-likeness (QED) is 0.593. The van der Waals surface area contributed by atoms with Crippen molar-refractivity contribution >= 4 is 23.2 Å². The number of nitrogens with one attached hydrogen (secondary N) is 2. The number of halogens is 2. The van der Waals surface area contributed by atoms with Crippen LogP contribution in [0.3, 0.4) is 0 Å². The summed E-state index contributed by atoms with van der Waals surface area (Å²) in [5, 5.41) is 5.87. The number of methoxy groups -OCH3 is 1. The van der Waals surface area contributed by atoms with Gasteiger partial charge in [0.2, 0.25) is 0 Å². The molecule has 1 heterocycles. The van der Waals surface area contributed by atoms with Gasteiger partial charge in [0, 0.05) is 18.2 Å². The van der Waals surface area contributed by atoms with Gasteiger partial charge in [-0.15, -0.1) is 0 Å². The van der Waals surface area contributed by atoms with E-state index in [1.165, 1.54) is 6.20 Å². The SMILES string of the molecule is COc1ccc(Nc2nc(N[C@@H]3CCCC(F)(F)[C@@H]3N)cnc2C(N)=O)cc1. The number of hydrogen-bond donors (Lipinski definition) is 4. The molecule has 2 atom stereocenters. The van der Waals surface area contributed by atoms with Gasteiger partial charge in [0.15, 0.2) is 11.5 Å². The molecule has 28 heavy (non-hydrogen) atoms. The number of nitrogens with zero attached hydrogens (tertiary/aromatic N) is 2. The molecule has 0 spiro atoms. The molecule has 150 valence electrons. The standard InChI is InChI=1S/C18H22F2N6O2/c1-28-11-6-4-10(5-7-11)24-17-14(16(22)27)23-9-13(26-17)25-12-3-2-8-18(19,20)15(12)21/h4-7,9,12,15H,2-3,8,21H2,1H3,(H2,22,27)(H2,24,25,26)/t12-,15-/m1/s1. The van der Waals surface area contributed by atoms with Crippen LogP contribution in [-0.2, 0) is 0 Å². The number of alkyl halides is 2. The number of nitrogens with two attached hydrogens (primary N) is 2. The normalized spacial score (nSPS) is 21.0. The van der Waals surface area contributed by atoms with Crippen LogP contribution in [0.25, 0.3) is 0 Å². The largest absolute Gasteiger partial charge is 0.497 e. The minimum absolute atomic E-state index is 0.0698. The van der Waals surface area contributed by atoms with Crippen LogP contribution in [0.5, 0.6) is 5.75 Å². The molecular weight excluding hydrogens is 370 g/mol. The molecule has 8 nitrogen and oxygen atoms in total. The number of aromatic nitrogens is 2. The number of ether oxygens (including phenoxy) is 1. The fourth-order valence-electron chi connectivity index (χ4n) is 3.09. The van der Waals surface area contributed by atoms with Crippen LogP contribution >= 0.6 is 0 Å². The van der Waals surface area contributed by atoms with Crippen LogP contribution in [0, 0.1) is 0 Å². The van der Waals surface area contributed by atoms with Gasteiger partial charge in [-0.2, -0.15) is 0 Å². The molecule has 1 aliphatic rings. The summed E-state index contributed by atoms with van der Waals surface area (Å²) in [4.78, 5) is 20.0. The van der Waals surface area contributed by atoms with Gasteiger partial charge in [-0.1, -0.05) is 0 Å². The number of amides is 1. The van der Waals surface area contributed by atoms with Crippen molar-refractivity contribution in [2.45, 2.75) is 37.3 Å². The molecule has 2 aromatic rings. The van der Waals surface area contributed by atoms with Crippen molar-refractivity contribution in [1.82, 2.24) is 9.97 Å². The first-order chi connectivity index (χ1) is 13.3. The highest BCUT2D eigenvalue weighted by atomic mass is 19.3. The number of benzene rings is 1. The zero-order valence-electron chi connectivity index (χ0n) is 15.3. The summed E-state index contributed by atoms with van der Waals surface area (Å²) in [5.41, 5.74) is 11.6. The van der Waals surface area contributed by atoms with E-state index in [1.807, 2.05) is 0 Å². The highest BCUT2D eigenvalue weighted by Crippen LogP contribution is 2.33. The third kappa shape index (κ3) is 4.28. The van der Waals surface area contributed by atoms with Crippen LogP contribution < -0.4 is 26.8 Å². The predicted molar refractivity (Wildman–Crippen MR) is 101 cm³/mol. The molecule has 0 bridgehead atoms. The Morgan fingerprint density at radius 1 is 1.32 bits per heavy atom. The van der Waals surface area contributed by atoms with Crippen LogP contribution in [-0.4, -0.2) is 41.0 Å². The third-order valence-corrected chi connectivity index (χ3v) is 4.64. The van der Waals surface area contributed by atoms with Gasteiger partial charge in [-0.3, -0.25) is 4.79 Å². The lowest BCUT2D eigenvalue weighted by atomic mass is 9.87. The second-order valence-electron chi connectivity index (χ2n) is 6.60. The molecule has 1 aliphatic carbocycles. The first kappa shape index (κ1) is 19.7. The van der Waals surface area contributed by atoms with Gasteiger partial charge in [-0.05, 0) is 37.1 Å². The number of rotatable bonds is 6. The van der Waals surface area contributed by atoms with Gasteiger partial charge in [0.05, 0.1) is 19.3 Å². The van der Waals surface area contributed by atoms with Crippen LogP contribution in [0.1, 0.15) is 29.8 Å². The molecule has 0 unspecified atom stereocenters. The minimum atomic E-state index is -2.94. The van der Waals surface area contributed by atoms with Crippen LogP contribution in [0.2, 0.25) is 0 Å². The first-order valence-corrected chi connectivity index (χ1v) is 8.78. The molecule has 3 rings (SSSR count). The zero-order valence-corrected chi connectivity index (χ0v) is 15.3. The average molecular weight is 392 g/mol. The average Bonchev–Trinajstić information content (AvgIpc) is 2.66. The lowest BCUT2D eigenvalue weighted by Crippen LogP contribution is -2.55. The van der Waals surface area contributed by atoms with E-state index in [9.17, 15) is 13.6 Å². The molecule has 1 saturated carbocycles. The lowest BCUT2D eigenvalue weighted by molar-refractivity contribution is -0.0554. The molecule has 0 saturated heterocycles. The molecule has 0 radical (unpaired) electrons. The van der Waals surface area contributed by atoms with Crippen molar-refractivity contribution in [3.8, 4) is 5.75 Å². The Hall–Kier alpha value is -3.01. The minimum Gasteiger partial charge on any atom is -0.497 e. The van der Waals surface area contributed by atoms with E-state index >= 15 is 0 Å². The van der Waals surface area contributed by atoms with Crippen molar-refractivity contribution in [1.29, 1.82) is 0 Å². The smallest absolute Gasteiger partial charge is 0.271 e. The lowest BCUT2D eigenvalue weighted by Gasteiger charge is -2.36. The maximum absolute atomic E-state index is 13.9. The maximum Gasteiger partial charge on any atom is 0.271 e. The first-order valence-electron chi connectivity index (χ1n) is 8.78. The van der Waals surface area contributed by atoms with Gasteiger partial charge >= 0.3 is 0 Å².